The number of ether oxygens (including phenoxy) is 1. The van der Waals surface area contributed by atoms with E-state index in [4.69, 9.17) is 4.74 Å². The Balaban J connectivity index is 1.29. The minimum absolute atomic E-state index is 0.0156. The Hall–Kier alpha value is -2.90. The number of rotatable bonds is 5. The molecule has 2 N–H and O–H groups in total. The van der Waals surface area contributed by atoms with Crippen molar-refractivity contribution in [2.75, 3.05) is 18.5 Å². The zero-order chi connectivity index (χ0) is 21.3. The van der Waals surface area contributed by atoms with Gasteiger partial charge in [0.1, 0.15) is 12.1 Å². The second-order valence-electron chi connectivity index (χ2n) is 8.49. The predicted molar refractivity (Wildman–Crippen MR) is 109 cm³/mol. The second-order valence-corrected chi connectivity index (χ2v) is 8.49. The van der Waals surface area contributed by atoms with Crippen molar-refractivity contribution in [3.8, 4) is 0 Å². The van der Waals surface area contributed by atoms with E-state index in [-0.39, 0.29) is 11.8 Å². The maximum absolute atomic E-state index is 12.9. The summed E-state index contributed by atoms with van der Waals surface area (Å²) in [7, 11) is 0. The highest BCUT2D eigenvalue weighted by molar-refractivity contribution is 6.09. The molecular formula is C22H27N3O5. The number of aryl methyl sites for hydroxylation is 2. The molecule has 8 heteroatoms. The third-order valence-electron chi connectivity index (χ3n) is 6.54. The van der Waals surface area contributed by atoms with Gasteiger partial charge >= 0.3 is 12.0 Å². The number of hydrogen-bond acceptors (Lipinski definition) is 5. The van der Waals surface area contributed by atoms with Gasteiger partial charge in [0.05, 0.1) is 0 Å². The Morgan fingerprint density at radius 1 is 1.20 bits per heavy atom. The molecule has 0 bridgehead atoms. The molecule has 160 valence electrons. The number of carbonyl (C=O) groups excluding carboxylic acids is 4. The molecule has 2 fully saturated rings. The van der Waals surface area contributed by atoms with Crippen LogP contribution in [-0.4, -0.2) is 47.4 Å². The van der Waals surface area contributed by atoms with Crippen LogP contribution in [0.3, 0.4) is 0 Å². The van der Waals surface area contributed by atoms with Crippen LogP contribution in [-0.2, 0) is 32.0 Å². The number of hydrogen-bond donors (Lipinski definition) is 2. The normalized spacial score (nSPS) is 25.2. The van der Waals surface area contributed by atoms with Gasteiger partial charge in [0.15, 0.2) is 6.61 Å². The number of amides is 4. The Labute approximate surface area is 175 Å². The van der Waals surface area contributed by atoms with Crippen LogP contribution >= 0.6 is 0 Å². The van der Waals surface area contributed by atoms with Crippen LogP contribution in [0.1, 0.15) is 50.2 Å². The Morgan fingerprint density at radius 2 is 2.00 bits per heavy atom. The standard InChI is InChI=1S/C22H27N3O5/c1-14-5-2-3-10-22(14)20(28)25(21(29)24-22)12-19(27)30-13-18(26)23-17-9-8-15-6-4-7-16(15)11-17/h8-9,11,14H,2-7,10,12-13H2,1H3,(H,23,26)(H,24,29)/t14-,22+/m0/s1. The first-order valence-electron chi connectivity index (χ1n) is 10.6. The summed E-state index contributed by atoms with van der Waals surface area (Å²) in [5.41, 5.74) is 2.28. The van der Waals surface area contributed by atoms with Crippen molar-refractivity contribution in [2.45, 2.75) is 57.4 Å². The van der Waals surface area contributed by atoms with Crippen LogP contribution in [0.15, 0.2) is 18.2 Å². The van der Waals surface area contributed by atoms with Gasteiger partial charge in [0, 0.05) is 5.69 Å². The fourth-order valence-electron chi connectivity index (χ4n) is 4.81. The molecule has 1 saturated carbocycles. The maximum atomic E-state index is 12.9. The average Bonchev–Trinajstić information content (AvgIpc) is 3.27. The molecular weight excluding hydrogens is 386 g/mol. The van der Waals surface area contributed by atoms with Gasteiger partial charge in [-0.2, -0.15) is 0 Å². The van der Waals surface area contributed by atoms with Crippen LogP contribution in [0.5, 0.6) is 0 Å². The van der Waals surface area contributed by atoms with Crippen LogP contribution in [0.2, 0.25) is 0 Å². The molecule has 3 aliphatic rings. The predicted octanol–water partition coefficient (Wildman–Crippen LogP) is 2.16. The summed E-state index contributed by atoms with van der Waals surface area (Å²) < 4.78 is 5.01. The first-order valence-corrected chi connectivity index (χ1v) is 10.6. The molecule has 0 unspecified atom stereocenters. The van der Waals surface area contributed by atoms with Gasteiger partial charge in [-0.25, -0.2) is 4.79 Å². The number of nitrogens with one attached hydrogen (secondary N) is 2. The molecule has 1 saturated heterocycles. The molecule has 4 rings (SSSR count). The zero-order valence-corrected chi connectivity index (χ0v) is 17.2. The van der Waals surface area contributed by atoms with Crippen molar-refractivity contribution in [1.29, 1.82) is 0 Å². The molecule has 0 aromatic heterocycles. The molecule has 1 spiro atoms. The highest BCUT2D eigenvalue weighted by Crippen LogP contribution is 2.38. The van der Waals surface area contributed by atoms with Crippen LogP contribution in [0.25, 0.3) is 0 Å². The molecule has 30 heavy (non-hydrogen) atoms. The number of nitrogens with zero attached hydrogens (tertiary/aromatic N) is 1. The van der Waals surface area contributed by atoms with Gasteiger partial charge < -0.3 is 15.4 Å². The Kier molecular flexibility index (Phi) is 5.49. The SMILES string of the molecule is C[C@H]1CCCC[C@@]12NC(=O)N(CC(=O)OCC(=O)Nc1ccc3c(c1)CCC3)C2=O. The summed E-state index contributed by atoms with van der Waals surface area (Å²) >= 11 is 0. The van der Waals surface area contributed by atoms with Gasteiger partial charge in [0.25, 0.3) is 11.8 Å². The lowest BCUT2D eigenvalue weighted by atomic mass is 9.73. The van der Waals surface area contributed by atoms with Crippen molar-refractivity contribution in [2.24, 2.45) is 5.92 Å². The van der Waals surface area contributed by atoms with E-state index in [1.54, 1.807) is 0 Å². The number of anilines is 1. The third kappa shape index (κ3) is 3.78. The summed E-state index contributed by atoms with van der Waals surface area (Å²) in [5.74, 6) is -1.61. The van der Waals surface area contributed by atoms with Gasteiger partial charge in [-0.15, -0.1) is 0 Å². The zero-order valence-electron chi connectivity index (χ0n) is 17.2. The summed E-state index contributed by atoms with van der Waals surface area (Å²) in [4.78, 5) is 50.4. The highest BCUT2D eigenvalue weighted by atomic mass is 16.5. The molecule has 1 aromatic rings. The molecule has 0 radical (unpaired) electrons. The number of benzene rings is 1. The smallest absolute Gasteiger partial charge is 0.326 e. The fourth-order valence-corrected chi connectivity index (χ4v) is 4.81. The molecule has 2 atom stereocenters. The lowest BCUT2D eigenvalue weighted by molar-refractivity contribution is -0.150. The van der Waals surface area contributed by atoms with E-state index in [1.807, 2.05) is 25.1 Å². The van der Waals surface area contributed by atoms with Gasteiger partial charge in [0.2, 0.25) is 0 Å². The molecule has 2 aliphatic carbocycles. The molecule has 1 aromatic carbocycles. The van der Waals surface area contributed by atoms with Crippen LogP contribution in [0.4, 0.5) is 10.5 Å². The van der Waals surface area contributed by atoms with Crippen molar-refractivity contribution in [3.63, 3.8) is 0 Å². The summed E-state index contributed by atoms with van der Waals surface area (Å²) in [6.45, 7) is 0.981. The minimum atomic E-state index is -0.916. The minimum Gasteiger partial charge on any atom is -0.454 e. The molecule has 1 aliphatic heterocycles. The third-order valence-corrected chi connectivity index (χ3v) is 6.54. The summed E-state index contributed by atoms with van der Waals surface area (Å²) in [5, 5.41) is 5.51. The van der Waals surface area contributed by atoms with E-state index >= 15 is 0 Å². The van der Waals surface area contributed by atoms with Crippen LogP contribution < -0.4 is 10.6 Å². The van der Waals surface area contributed by atoms with E-state index in [2.05, 4.69) is 10.6 Å². The van der Waals surface area contributed by atoms with E-state index in [1.165, 1.54) is 11.1 Å². The largest absolute Gasteiger partial charge is 0.454 e. The van der Waals surface area contributed by atoms with E-state index < -0.39 is 36.6 Å². The van der Waals surface area contributed by atoms with Crippen molar-refractivity contribution in [1.82, 2.24) is 10.2 Å². The number of fused-ring (bicyclic) bond motifs is 1. The Morgan fingerprint density at radius 3 is 2.80 bits per heavy atom. The fraction of sp³-hybridized carbons (Fsp3) is 0.545. The first kappa shape index (κ1) is 20.4. The number of urea groups is 1. The van der Waals surface area contributed by atoms with Gasteiger partial charge in [-0.05, 0) is 61.3 Å². The molecule has 8 nitrogen and oxygen atoms in total. The second kappa shape index (κ2) is 8.08. The van der Waals surface area contributed by atoms with Crippen molar-refractivity contribution >= 4 is 29.5 Å². The van der Waals surface area contributed by atoms with E-state index in [0.29, 0.717) is 12.1 Å². The van der Waals surface area contributed by atoms with Crippen molar-refractivity contribution < 1.29 is 23.9 Å². The monoisotopic (exact) mass is 413 g/mol. The molecule has 4 amide bonds. The molecule has 1 heterocycles. The summed E-state index contributed by atoms with van der Waals surface area (Å²) in [6.07, 6.45) is 6.49. The first-order chi connectivity index (χ1) is 14.4. The Bertz CT molecular complexity index is 899. The van der Waals surface area contributed by atoms with Crippen LogP contribution in [0, 0.1) is 5.92 Å². The number of carbonyl (C=O) groups is 4. The topological polar surface area (TPSA) is 105 Å². The number of imide groups is 1. The quantitative estimate of drug-likeness (QED) is 0.569. The lowest BCUT2D eigenvalue weighted by Crippen LogP contribution is -2.54. The van der Waals surface area contributed by atoms with Gasteiger partial charge in [-0.3, -0.25) is 19.3 Å². The lowest BCUT2D eigenvalue weighted by Gasteiger charge is -2.36. The number of esters is 1. The van der Waals surface area contributed by atoms with E-state index in [0.717, 1.165) is 43.4 Å². The average molecular weight is 413 g/mol. The van der Waals surface area contributed by atoms with Crippen molar-refractivity contribution in [3.05, 3.63) is 29.3 Å². The van der Waals surface area contributed by atoms with E-state index in [9.17, 15) is 19.2 Å². The summed E-state index contributed by atoms with van der Waals surface area (Å²) in [6, 6.07) is 5.21. The van der Waals surface area contributed by atoms with Gasteiger partial charge in [-0.1, -0.05) is 25.8 Å². The maximum Gasteiger partial charge on any atom is 0.326 e. The highest BCUT2D eigenvalue weighted by Gasteiger charge is 2.55.